The Labute approximate surface area is 150 Å². The molecule has 2 aliphatic rings. The lowest BCUT2D eigenvalue weighted by Gasteiger charge is -2.26. The predicted molar refractivity (Wildman–Crippen MR) is 89.9 cm³/mol. The maximum Gasteiger partial charge on any atom is 0.326 e. The van der Waals surface area contributed by atoms with Crippen LogP contribution in [0.25, 0.3) is 0 Å². The topological polar surface area (TPSA) is 124 Å². The van der Waals surface area contributed by atoms with E-state index >= 15 is 0 Å². The molecule has 0 aliphatic carbocycles. The highest BCUT2D eigenvalue weighted by Crippen LogP contribution is 2.22. The van der Waals surface area contributed by atoms with E-state index < -0.39 is 27.9 Å². The number of likely N-dealkylation sites (tertiary alicyclic amines) is 1. The highest BCUT2D eigenvalue weighted by Gasteiger charge is 2.35. The van der Waals surface area contributed by atoms with Crippen molar-refractivity contribution < 1.29 is 27.9 Å². The number of carbonyl (C=O) groups excluding carboxylic acids is 2. The number of nitrogens with zero attached hydrogens (tertiary/aromatic N) is 2. The maximum absolute atomic E-state index is 12.6. The third-order valence-corrected chi connectivity index (χ3v) is 6.40. The summed E-state index contributed by atoms with van der Waals surface area (Å²) in [4.78, 5) is 36.4. The summed E-state index contributed by atoms with van der Waals surface area (Å²) in [6, 6.07) is 4.51. The average molecular weight is 381 g/mol. The number of sulfonamides is 1. The number of hydrogen-bond donors (Lipinski definition) is 2. The fraction of sp³-hybridized carbons (Fsp3) is 0.438. The first-order valence-corrected chi connectivity index (χ1v) is 9.65. The molecule has 2 saturated heterocycles. The first-order valence-electron chi connectivity index (χ1n) is 8.21. The van der Waals surface area contributed by atoms with Crippen LogP contribution in [0.15, 0.2) is 29.2 Å². The van der Waals surface area contributed by atoms with Gasteiger partial charge in [0.15, 0.2) is 0 Å². The van der Waals surface area contributed by atoms with E-state index in [1.807, 2.05) is 0 Å². The summed E-state index contributed by atoms with van der Waals surface area (Å²) in [6.07, 6.45) is 1.02. The summed E-state index contributed by atoms with van der Waals surface area (Å²) in [5.41, 5.74) is 0.230. The fourth-order valence-corrected chi connectivity index (χ4v) is 4.57. The van der Waals surface area contributed by atoms with E-state index in [0.717, 1.165) is 4.31 Å². The quantitative estimate of drug-likeness (QED) is 0.724. The van der Waals surface area contributed by atoms with E-state index in [0.29, 0.717) is 19.4 Å². The van der Waals surface area contributed by atoms with Crippen LogP contribution in [-0.2, 0) is 19.6 Å². The maximum atomic E-state index is 12.6. The Morgan fingerprint density at radius 1 is 1.15 bits per heavy atom. The van der Waals surface area contributed by atoms with Crippen molar-refractivity contribution in [2.75, 3.05) is 26.2 Å². The Bertz CT molecular complexity index is 836. The van der Waals surface area contributed by atoms with E-state index in [2.05, 4.69) is 5.32 Å². The number of amides is 2. The molecular formula is C16H19N3O6S. The molecule has 1 aromatic rings. The summed E-state index contributed by atoms with van der Waals surface area (Å²) in [6.45, 7) is 0.554. The van der Waals surface area contributed by atoms with Gasteiger partial charge in [-0.3, -0.25) is 9.59 Å². The molecule has 3 rings (SSSR count). The number of benzene rings is 1. The number of aliphatic carboxylic acids is 1. The molecule has 26 heavy (non-hydrogen) atoms. The minimum absolute atomic E-state index is 0.0139. The van der Waals surface area contributed by atoms with Crippen LogP contribution in [0.3, 0.4) is 0 Å². The third kappa shape index (κ3) is 3.42. The van der Waals surface area contributed by atoms with Gasteiger partial charge in [-0.15, -0.1) is 0 Å². The molecule has 0 bridgehead atoms. The molecule has 1 aromatic carbocycles. The molecule has 0 aromatic heterocycles. The highest BCUT2D eigenvalue weighted by molar-refractivity contribution is 7.89. The normalized spacial score (nSPS) is 21.5. The molecule has 2 heterocycles. The van der Waals surface area contributed by atoms with Gasteiger partial charge in [-0.25, -0.2) is 13.2 Å². The van der Waals surface area contributed by atoms with Crippen molar-refractivity contribution in [1.82, 2.24) is 14.5 Å². The van der Waals surface area contributed by atoms with Crippen LogP contribution >= 0.6 is 0 Å². The second kappa shape index (κ2) is 7.04. The third-order valence-electron chi connectivity index (χ3n) is 4.54. The van der Waals surface area contributed by atoms with Crippen LogP contribution < -0.4 is 5.32 Å². The van der Waals surface area contributed by atoms with Crippen LogP contribution in [0, 0.1) is 0 Å². The van der Waals surface area contributed by atoms with Crippen molar-refractivity contribution in [3.8, 4) is 0 Å². The Balaban J connectivity index is 1.79. The number of carbonyl (C=O) groups is 3. The van der Waals surface area contributed by atoms with Crippen molar-refractivity contribution >= 4 is 27.8 Å². The standard InChI is InChI=1S/C16H19N3O6S/c20-14-10-18(9-7-17-14)26(24,25)12-5-3-11(4-6-12)15(21)19-8-1-2-13(19)16(22)23/h3-6,13H,1-2,7-10H2,(H,17,20)(H,22,23)/t13-/m1/s1. The smallest absolute Gasteiger partial charge is 0.326 e. The minimum atomic E-state index is -3.83. The van der Waals surface area contributed by atoms with Gasteiger partial charge in [0.2, 0.25) is 15.9 Å². The first-order chi connectivity index (χ1) is 12.3. The molecule has 0 radical (unpaired) electrons. The van der Waals surface area contributed by atoms with Gasteiger partial charge in [0, 0.05) is 25.2 Å². The summed E-state index contributed by atoms with van der Waals surface area (Å²) in [5.74, 6) is -1.84. The van der Waals surface area contributed by atoms with Gasteiger partial charge in [-0.1, -0.05) is 0 Å². The van der Waals surface area contributed by atoms with E-state index in [1.165, 1.54) is 29.2 Å². The number of rotatable bonds is 4. The molecule has 2 amide bonds. The van der Waals surface area contributed by atoms with Gasteiger partial charge in [0.05, 0.1) is 11.4 Å². The van der Waals surface area contributed by atoms with E-state index in [1.54, 1.807) is 0 Å². The zero-order valence-corrected chi connectivity index (χ0v) is 14.7. The van der Waals surface area contributed by atoms with Crippen molar-refractivity contribution in [3.63, 3.8) is 0 Å². The van der Waals surface area contributed by atoms with Gasteiger partial charge >= 0.3 is 5.97 Å². The Hall–Kier alpha value is -2.46. The van der Waals surface area contributed by atoms with Crippen molar-refractivity contribution in [3.05, 3.63) is 29.8 Å². The molecule has 2 fully saturated rings. The molecule has 10 heteroatoms. The van der Waals surface area contributed by atoms with E-state index in [4.69, 9.17) is 0 Å². The summed E-state index contributed by atoms with van der Waals surface area (Å²) in [5, 5.41) is 11.7. The van der Waals surface area contributed by atoms with Crippen molar-refractivity contribution in [2.45, 2.75) is 23.8 Å². The predicted octanol–water partition coefficient (Wildman–Crippen LogP) is -0.504. The van der Waals surface area contributed by atoms with Gasteiger partial charge in [0.1, 0.15) is 6.04 Å². The van der Waals surface area contributed by atoms with Gasteiger partial charge in [0.25, 0.3) is 5.91 Å². The zero-order valence-electron chi connectivity index (χ0n) is 13.9. The fourth-order valence-electron chi connectivity index (χ4n) is 3.17. The van der Waals surface area contributed by atoms with Crippen molar-refractivity contribution in [1.29, 1.82) is 0 Å². The van der Waals surface area contributed by atoms with Crippen molar-refractivity contribution in [2.24, 2.45) is 0 Å². The Kier molecular flexibility index (Phi) is 4.97. The van der Waals surface area contributed by atoms with E-state index in [-0.39, 0.29) is 36.0 Å². The lowest BCUT2D eigenvalue weighted by molar-refractivity contribution is -0.141. The average Bonchev–Trinajstić information content (AvgIpc) is 3.11. The molecule has 140 valence electrons. The van der Waals surface area contributed by atoms with Gasteiger partial charge < -0.3 is 15.3 Å². The van der Waals surface area contributed by atoms with Crippen LogP contribution in [0.4, 0.5) is 0 Å². The second-order valence-electron chi connectivity index (χ2n) is 6.21. The number of piperazine rings is 1. The number of carboxylic acids is 1. The molecule has 0 saturated carbocycles. The summed E-state index contributed by atoms with van der Waals surface area (Å²) >= 11 is 0. The van der Waals surface area contributed by atoms with Gasteiger partial charge in [-0.2, -0.15) is 4.31 Å². The van der Waals surface area contributed by atoms with Gasteiger partial charge in [-0.05, 0) is 37.1 Å². The monoisotopic (exact) mass is 381 g/mol. The molecular weight excluding hydrogens is 362 g/mol. The molecule has 0 unspecified atom stereocenters. The largest absolute Gasteiger partial charge is 0.480 e. The number of carboxylic acid groups (broad SMARTS) is 1. The molecule has 9 nitrogen and oxygen atoms in total. The SMILES string of the molecule is O=C1CN(S(=O)(=O)c2ccc(C(=O)N3CCC[C@@H]3C(=O)O)cc2)CCN1. The zero-order chi connectivity index (χ0) is 18.9. The van der Waals surface area contributed by atoms with Crippen LogP contribution in [0.5, 0.6) is 0 Å². The molecule has 0 spiro atoms. The minimum Gasteiger partial charge on any atom is -0.480 e. The number of nitrogens with one attached hydrogen (secondary N) is 1. The molecule has 1 atom stereocenters. The second-order valence-corrected chi connectivity index (χ2v) is 8.15. The van der Waals surface area contributed by atoms with Crippen LogP contribution in [0.1, 0.15) is 23.2 Å². The Morgan fingerprint density at radius 2 is 1.85 bits per heavy atom. The summed E-state index contributed by atoms with van der Waals surface area (Å²) in [7, 11) is -3.83. The molecule has 2 aliphatic heterocycles. The lowest BCUT2D eigenvalue weighted by atomic mass is 10.1. The number of hydrogen-bond acceptors (Lipinski definition) is 5. The molecule has 2 N–H and O–H groups in total. The Morgan fingerprint density at radius 3 is 2.46 bits per heavy atom. The lowest BCUT2D eigenvalue weighted by Crippen LogP contribution is -2.49. The highest BCUT2D eigenvalue weighted by atomic mass is 32.2. The van der Waals surface area contributed by atoms with E-state index in [9.17, 15) is 27.9 Å². The summed E-state index contributed by atoms with van der Waals surface area (Å²) < 4.78 is 26.3. The van der Waals surface area contributed by atoms with Crippen LogP contribution in [0.2, 0.25) is 0 Å². The van der Waals surface area contributed by atoms with Crippen LogP contribution in [-0.4, -0.2) is 72.7 Å². The first kappa shape index (κ1) is 18.3.